The molecular formula is C26H24N6O3S2. The Hall–Kier alpha value is -3.93. The fourth-order valence-electron chi connectivity index (χ4n) is 3.95. The minimum absolute atomic E-state index is 0.165. The highest BCUT2D eigenvalue weighted by atomic mass is 32.1. The van der Waals surface area contributed by atoms with Crippen LogP contribution in [0.1, 0.15) is 39.8 Å². The van der Waals surface area contributed by atoms with Gasteiger partial charge in [-0.1, -0.05) is 35.7 Å². The summed E-state index contributed by atoms with van der Waals surface area (Å²) in [4.78, 5) is 31.2. The van der Waals surface area contributed by atoms with Crippen molar-refractivity contribution in [1.29, 1.82) is 0 Å². The van der Waals surface area contributed by atoms with Gasteiger partial charge >= 0.3 is 0 Å². The molecule has 0 aliphatic heterocycles. The van der Waals surface area contributed by atoms with Crippen LogP contribution in [0.2, 0.25) is 0 Å². The summed E-state index contributed by atoms with van der Waals surface area (Å²) < 4.78 is 5.52. The van der Waals surface area contributed by atoms with E-state index in [0.29, 0.717) is 35.6 Å². The van der Waals surface area contributed by atoms with Crippen molar-refractivity contribution in [1.82, 2.24) is 29.6 Å². The number of hydrogen-bond donors (Lipinski definition) is 3. The molecule has 1 atom stereocenters. The minimum atomic E-state index is -0.377. The predicted octanol–water partition coefficient (Wildman–Crippen LogP) is 4.01. The van der Waals surface area contributed by atoms with Gasteiger partial charge in [0, 0.05) is 34.6 Å². The van der Waals surface area contributed by atoms with E-state index in [1.54, 1.807) is 22.7 Å². The van der Waals surface area contributed by atoms with E-state index in [1.807, 2.05) is 53.4 Å². The van der Waals surface area contributed by atoms with Crippen molar-refractivity contribution in [2.24, 2.45) is 0 Å². The van der Waals surface area contributed by atoms with E-state index < -0.39 is 0 Å². The van der Waals surface area contributed by atoms with Crippen LogP contribution in [0.5, 0.6) is 0 Å². The van der Waals surface area contributed by atoms with Crippen LogP contribution in [0.15, 0.2) is 64.8 Å². The van der Waals surface area contributed by atoms with Gasteiger partial charge in [0.25, 0.3) is 11.8 Å². The van der Waals surface area contributed by atoms with Crippen LogP contribution < -0.4 is 10.6 Å². The molecule has 5 aromatic rings. The number of benzene rings is 1. The number of imidazole rings is 1. The summed E-state index contributed by atoms with van der Waals surface area (Å²) in [6, 6.07) is 12.7. The molecule has 1 aromatic carbocycles. The molecular weight excluding hydrogens is 508 g/mol. The Kier molecular flexibility index (Phi) is 7.35. The van der Waals surface area contributed by atoms with E-state index in [4.69, 9.17) is 4.98 Å². The van der Waals surface area contributed by atoms with Crippen molar-refractivity contribution in [3.63, 3.8) is 0 Å². The van der Waals surface area contributed by atoms with Crippen molar-refractivity contribution in [3.8, 4) is 22.5 Å². The smallest absolute Gasteiger partial charge is 0.270 e. The zero-order valence-corrected chi connectivity index (χ0v) is 21.6. The predicted molar refractivity (Wildman–Crippen MR) is 144 cm³/mol. The Morgan fingerprint density at radius 1 is 1.08 bits per heavy atom. The molecule has 5 rings (SSSR count). The van der Waals surface area contributed by atoms with Gasteiger partial charge in [-0.25, -0.2) is 4.98 Å². The monoisotopic (exact) mass is 532 g/mol. The molecule has 0 unspecified atom stereocenters. The van der Waals surface area contributed by atoms with Gasteiger partial charge in [0.15, 0.2) is 5.65 Å². The van der Waals surface area contributed by atoms with E-state index in [1.165, 1.54) is 22.9 Å². The van der Waals surface area contributed by atoms with Gasteiger partial charge in [0.2, 0.25) is 0 Å². The van der Waals surface area contributed by atoms with Crippen molar-refractivity contribution < 1.29 is 14.7 Å². The zero-order chi connectivity index (χ0) is 25.8. The van der Waals surface area contributed by atoms with Crippen LogP contribution in [0.3, 0.4) is 0 Å². The van der Waals surface area contributed by atoms with Gasteiger partial charge in [-0.3, -0.25) is 14.0 Å². The van der Waals surface area contributed by atoms with Crippen LogP contribution in [0.4, 0.5) is 0 Å². The molecule has 0 aliphatic rings. The minimum Gasteiger partial charge on any atom is -0.394 e. The zero-order valence-electron chi connectivity index (χ0n) is 19.9. The molecule has 0 saturated heterocycles. The van der Waals surface area contributed by atoms with Gasteiger partial charge in [0.05, 0.1) is 18.2 Å². The molecule has 0 radical (unpaired) electrons. The number of aliphatic hydroxyl groups is 1. The van der Waals surface area contributed by atoms with Gasteiger partial charge in [-0.2, -0.15) is 11.3 Å². The first-order valence-electron chi connectivity index (χ1n) is 11.7. The third-order valence-corrected chi connectivity index (χ3v) is 7.20. The largest absolute Gasteiger partial charge is 0.394 e. The number of fused-ring (bicyclic) bond motifs is 1. The third kappa shape index (κ3) is 5.15. The summed E-state index contributed by atoms with van der Waals surface area (Å²) >= 11 is 2.79. The van der Waals surface area contributed by atoms with E-state index in [2.05, 4.69) is 20.2 Å². The maximum Gasteiger partial charge on any atom is 0.270 e. The molecule has 188 valence electrons. The van der Waals surface area contributed by atoms with Crippen LogP contribution in [-0.4, -0.2) is 48.5 Å². The Labute approximate surface area is 221 Å². The van der Waals surface area contributed by atoms with Crippen molar-refractivity contribution in [2.75, 3.05) is 6.61 Å². The SMILES string of the molecule is CC[C@@H](CO)NC(=O)c1c(-c2ccsc2)nc2c(C(=O)NCc3ccc(-c4csnn4)cc3)cccn12. The number of amides is 2. The number of pyridine rings is 1. The Bertz CT molecular complexity index is 1510. The van der Waals surface area contributed by atoms with Crippen molar-refractivity contribution in [2.45, 2.75) is 25.9 Å². The number of carbonyl (C=O) groups is 2. The topological polar surface area (TPSA) is 122 Å². The van der Waals surface area contributed by atoms with Crippen LogP contribution >= 0.6 is 22.9 Å². The quantitative estimate of drug-likeness (QED) is 0.264. The standard InChI is InChI=1S/C26H24N6O3S2/c1-2-19(13-33)28-26(35)23-22(18-9-11-36-14-18)29-24-20(4-3-10-32(23)24)25(34)27-12-16-5-7-17(8-6-16)21-15-37-31-30-21/h3-11,14-15,19,33H,2,12-13H2,1H3,(H,27,34)(H,28,35)/t19-/m0/s1. The Balaban J connectivity index is 1.43. The molecule has 37 heavy (non-hydrogen) atoms. The summed E-state index contributed by atoms with van der Waals surface area (Å²) in [5.41, 5.74) is 5.05. The lowest BCUT2D eigenvalue weighted by molar-refractivity contribution is 0.0907. The second-order valence-corrected chi connectivity index (χ2v) is 9.76. The van der Waals surface area contributed by atoms with E-state index in [-0.39, 0.29) is 24.5 Å². The average Bonchev–Trinajstić information content (AvgIpc) is 3.71. The fraction of sp³-hybridized carbons (Fsp3) is 0.192. The molecule has 0 saturated carbocycles. The third-order valence-electron chi connectivity index (χ3n) is 6.02. The lowest BCUT2D eigenvalue weighted by atomic mass is 10.1. The number of nitrogens with one attached hydrogen (secondary N) is 2. The highest BCUT2D eigenvalue weighted by Crippen LogP contribution is 2.28. The van der Waals surface area contributed by atoms with Crippen LogP contribution in [-0.2, 0) is 6.54 Å². The molecule has 2 amide bonds. The second kappa shape index (κ2) is 11.0. The summed E-state index contributed by atoms with van der Waals surface area (Å²) in [5.74, 6) is -0.656. The molecule has 9 nitrogen and oxygen atoms in total. The van der Waals surface area contributed by atoms with Gasteiger partial charge in [0.1, 0.15) is 17.1 Å². The number of hydrogen-bond acceptors (Lipinski definition) is 8. The first kappa shape index (κ1) is 24.8. The Morgan fingerprint density at radius 2 is 1.92 bits per heavy atom. The molecule has 0 fully saturated rings. The molecule has 0 spiro atoms. The van der Waals surface area contributed by atoms with Gasteiger partial charge in [-0.15, -0.1) is 5.10 Å². The fourth-order valence-corrected chi connectivity index (χ4v) is 5.06. The van der Waals surface area contributed by atoms with Gasteiger partial charge in [-0.05, 0) is 47.1 Å². The first-order chi connectivity index (χ1) is 18.1. The molecule has 4 heterocycles. The first-order valence-corrected chi connectivity index (χ1v) is 13.5. The summed E-state index contributed by atoms with van der Waals surface area (Å²) in [5, 5.41) is 25.2. The summed E-state index contributed by atoms with van der Waals surface area (Å²) in [6.45, 7) is 2.05. The molecule has 3 N–H and O–H groups in total. The molecule has 0 aliphatic carbocycles. The number of nitrogens with zero attached hydrogens (tertiary/aromatic N) is 4. The van der Waals surface area contributed by atoms with Crippen molar-refractivity contribution in [3.05, 3.63) is 81.6 Å². The van der Waals surface area contributed by atoms with Crippen LogP contribution in [0.25, 0.3) is 28.2 Å². The van der Waals surface area contributed by atoms with E-state index in [0.717, 1.165) is 22.4 Å². The highest BCUT2D eigenvalue weighted by Gasteiger charge is 2.25. The Morgan fingerprint density at radius 3 is 2.59 bits per heavy atom. The number of thiophene rings is 1. The summed E-state index contributed by atoms with van der Waals surface area (Å²) in [7, 11) is 0. The van der Waals surface area contributed by atoms with E-state index in [9.17, 15) is 14.7 Å². The highest BCUT2D eigenvalue weighted by molar-refractivity contribution is 7.08. The maximum absolute atomic E-state index is 13.3. The number of carbonyl (C=O) groups excluding carboxylic acids is 2. The van der Waals surface area contributed by atoms with Crippen molar-refractivity contribution >= 4 is 40.3 Å². The number of aromatic nitrogens is 4. The normalized spacial score (nSPS) is 11.9. The number of rotatable bonds is 9. The summed E-state index contributed by atoms with van der Waals surface area (Å²) in [6.07, 6.45) is 2.30. The van der Waals surface area contributed by atoms with E-state index >= 15 is 0 Å². The molecule has 0 bridgehead atoms. The van der Waals surface area contributed by atoms with Crippen LogP contribution in [0, 0.1) is 0 Å². The van der Waals surface area contributed by atoms with Gasteiger partial charge < -0.3 is 15.7 Å². The molecule has 11 heteroatoms. The maximum atomic E-state index is 13.3. The second-order valence-electron chi connectivity index (χ2n) is 8.37. The number of aliphatic hydroxyl groups excluding tert-OH is 1. The average molecular weight is 533 g/mol. The molecule has 4 aromatic heterocycles. The lowest BCUT2D eigenvalue weighted by Crippen LogP contribution is -2.37. The lowest BCUT2D eigenvalue weighted by Gasteiger charge is -2.14.